The molecular weight excluding hydrogens is 256 g/mol. The minimum atomic E-state index is -3.47. The first kappa shape index (κ1) is 14.5. The second-order valence-electron chi connectivity index (χ2n) is 3.71. The van der Waals surface area contributed by atoms with Crippen molar-refractivity contribution in [2.24, 2.45) is 5.14 Å². The first-order valence-electron chi connectivity index (χ1n) is 5.35. The van der Waals surface area contributed by atoms with E-state index in [1.165, 1.54) is 7.11 Å². The van der Waals surface area contributed by atoms with Crippen LogP contribution in [0.2, 0.25) is 0 Å². The van der Waals surface area contributed by atoms with E-state index >= 15 is 0 Å². The zero-order valence-corrected chi connectivity index (χ0v) is 10.9. The Morgan fingerprint density at radius 1 is 1.44 bits per heavy atom. The second kappa shape index (κ2) is 6.36. The first-order chi connectivity index (χ1) is 8.42. The zero-order chi connectivity index (χ0) is 13.6. The molecule has 0 saturated heterocycles. The van der Waals surface area contributed by atoms with Crippen LogP contribution in [-0.2, 0) is 10.0 Å². The number of ether oxygens (including phenoxy) is 1. The minimum Gasteiger partial charge on any atom is -0.497 e. The average molecular weight is 272 g/mol. The van der Waals surface area contributed by atoms with Crippen LogP contribution in [0.3, 0.4) is 0 Å². The Kier molecular flexibility index (Phi) is 5.11. The molecular formula is C11H16N2O4S. The summed E-state index contributed by atoms with van der Waals surface area (Å²) < 4.78 is 26.4. The van der Waals surface area contributed by atoms with Crippen LogP contribution in [0.1, 0.15) is 16.8 Å². The Balaban J connectivity index is 2.45. The van der Waals surface area contributed by atoms with Gasteiger partial charge in [0.15, 0.2) is 0 Å². The predicted molar refractivity (Wildman–Crippen MR) is 67.9 cm³/mol. The molecule has 1 amide bonds. The van der Waals surface area contributed by atoms with Crippen LogP contribution in [0.5, 0.6) is 5.75 Å². The molecule has 0 unspecified atom stereocenters. The van der Waals surface area contributed by atoms with Crippen LogP contribution < -0.4 is 15.2 Å². The summed E-state index contributed by atoms with van der Waals surface area (Å²) in [5.74, 6) is 0.168. The summed E-state index contributed by atoms with van der Waals surface area (Å²) in [6.45, 7) is 0.256. The summed E-state index contributed by atoms with van der Waals surface area (Å²) in [6.07, 6.45) is 0.286. The van der Waals surface area contributed by atoms with Crippen LogP contribution in [0.15, 0.2) is 24.3 Å². The molecule has 0 atom stereocenters. The van der Waals surface area contributed by atoms with Gasteiger partial charge in [-0.25, -0.2) is 13.6 Å². The molecule has 0 fully saturated rings. The normalized spacial score (nSPS) is 11.0. The van der Waals surface area contributed by atoms with Gasteiger partial charge in [0.1, 0.15) is 5.75 Å². The van der Waals surface area contributed by atoms with E-state index in [1.54, 1.807) is 24.3 Å². The first-order valence-corrected chi connectivity index (χ1v) is 7.06. The zero-order valence-electron chi connectivity index (χ0n) is 10.0. The standard InChI is InChI=1S/C11H16N2O4S/c1-17-10-5-2-4-9(8-10)11(14)13-6-3-7-18(12,15)16/h2,4-5,8H,3,6-7H2,1H3,(H,13,14)(H2,12,15,16). The SMILES string of the molecule is COc1cccc(C(=O)NCCCS(N)(=O)=O)c1. The molecule has 0 aliphatic heterocycles. The lowest BCUT2D eigenvalue weighted by Gasteiger charge is -2.06. The monoisotopic (exact) mass is 272 g/mol. The molecule has 0 radical (unpaired) electrons. The van der Waals surface area contributed by atoms with Gasteiger partial charge in [0.05, 0.1) is 12.9 Å². The molecule has 0 spiro atoms. The molecule has 0 aliphatic carbocycles. The Morgan fingerprint density at radius 2 is 2.17 bits per heavy atom. The number of rotatable bonds is 6. The van der Waals surface area contributed by atoms with E-state index in [4.69, 9.17) is 9.88 Å². The van der Waals surface area contributed by atoms with Crippen LogP contribution in [-0.4, -0.2) is 33.7 Å². The van der Waals surface area contributed by atoms with Gasteiger partial charge in [-0.1, -0.05) is 6.07 Å². The highest BCUT2D eigenvalue weighted by Crippen LogP contribution is 2.12. The molecule has 0 heterocycles. The van der Waals surface area contributed by atoms with E-state index in [1.807, 2.05) is 0 Å². The van der Waals surface area contributed by atoms with Crippen LogP contribution in [0, 0.1) is 0 Å². The van der Waals surface area contributed by atoms with Gasteiger partial charge in [-0.3, -0.25) is 4.79 Å². The van der Waals surface area contributed by atoms with Crippen molar-refractivity contribution in [2.45, 2.75) is 6.42 Å². The molecule has 1 aromatic carbocycles. The molecule has 7 heteroatoms. The van der Waals surface area contributed by atoms with Crippen molar-refractivity contribution >= 4 is 15.9 Å². The van der Waals surface area contributed by atoms with Crippen molar-refractivity contribution in [2.75, 3.05) is 19.4 Å². The summed E-state index contributed by atoms with van der Waals surface area (Å²) in [6, 6.07) is 6.70. The molecule has 1 rings (SSSR count). The van der Waals surface area contributed by atoms with Crippen LogP contribution in [0.25, 0.3) is 0 Å². The van der Waals surface area contributed by atoms with Crippen molar-refractivity contribution in [3.05, 3.63) is 29.8 Å². The molecule has 3 N–H and O–H groups in total. The topological polar surface area (TPSA) is 98.5 Å². The summed E-state index contributed by atoms with van der Waals surface area (Å²) in [5.41, 5.74) is 0.463. The summed E-state index contributed by atoms with van der Waals surface area (Å²) >= 11 is 0. The fourth-order valence-corrected chi connectivity index (χ4v) is 1.89. The molecule has 1 aromatic rings. The van der Waals surface area contributed by atoms with Gasteiger partial charge < -0.3 is 10.1 Å². The number of carbonyl (C=O) groups is 1. The van der Waals surface area contributed by atoms with E-state index in [0.29, 0.717) is 11.3 Å². The second-order valence-corrected chi connectivity index (χ2v) is 5.44. The fraction of sp³-hybridized carbons (Fsp3) is 0.364. The van der Waals surface area contributed by atoms with Gasteiger partial charge in [-0.05, 0) is 24.6 Å². The molecule has 6 nitrogen and oxygen atoms in total. The maximum absolute atomic E-state index is 11.7. The van der Waals surface area contributed by atoms with E-state index in [9.17, 15) is 13.2 Å². The number of carbonyl (C=O) groups excluding carboxylic acids is 1. The van der Waals surface area contributed by atoms with Crippen molar-refractivity contribution in [1.29, 1.82) is 0 Å². The van der Waals surface area contributed by atoms with Crippen molar-refractivity contribution in [3.63, 3.8) is 0 Å². The predicted octanol–water partition coefficient (Wildman–Crippen LogP) is 0.104. The third-order valence-corrected chi connectivity index (χ3v) is 3.08. The Hall–Kier alpha value is -1.60. The van der Waals surface area contributed by atoms with Crippen molar-refractivity contribution in [1.82, 2.24) is 5.32 Å². The largest absolute Gasteiger partial charge is 0.497 e. The lowest BCUT2D eigenvalue weighted by Crippen LogP contribution is -2.27. The Morgan fingerprint density at radius 3 is 2.78 bits per heavy atom. The number of nitrogens with one attached hydrogen (secondary N) is 1. The smallest absolute Gasteiger partial charge is 0.251 e. The van der Waals surface area contributed by atoms with Crippen LogP contribution >= 0.6 is 0 Å². The van der Waals surface area contributed by atoms with Crippen molar-refractivity contribution in [3.8, 4) is 5.75 Å². The summed E-state index contributed by atoms with van der Waals surface area (Å²) in [5, 5.41) is 7.45. The number of hydrogen-bond donors (Lipinski definition) is 2. The number of benzene rings is 1. The van der Waals surface area contributed by atoms with Gasteiger partial charge in [-0.2, -0.15) is 0 Å². The van der Waals surface area contributed by atoms with Gasteiger partial charge >= 0.3 is 0 Å². The lowest BCUT2D eigenvalue weighted by molar-refractivity contribution is 0.0953. The van der Waals surface area contributed by atoms with E-state index < -0.39 is 10.0 Å². The molecule has 0 bridgehead atoms. The highest BCUT2D eigenvalue weighted by atomic mass is 32.2. The summed E-state index contributed by atoms with van der Waals surface area (Å²) in [7, 11) is -1.95. The van der Waals surface area contributed by atoms with E-state index in [0.717, 1.165) is 0 Å². The van der Waals surface area contributed by atoms with Crippen LogP contribution in [0.4, 0.5) is 0 Å². The highest BCUT2D eigenvalue weighted by molar-refractivity contribution is 7.89. The number of amides is 1. The number of nitrogens with two attached hydrogens (primary N) is 1. The third kappa shape index (κ3) is 5.15. The number of methoxy groups -OCH3 is 1. The van der Waals surface area contributed by atoms with Gasteiger partial charge in [0.25, 0.3) is 5.91 Å². The minimum absolute atomic E-state index is 0.147. The molecule has 18 heavy (non-hydrogen) atoms. The third-order valence-electron chi connectivity index (χ3n) is 2.22. The fourth-order valence-electron chi connectivity index (χ4n) is 1.34. The molecule has 100 valence electrons. The molecule has 0 saturated carbocycles. The number of primary sulfonamides is 1. The van der Waals surface area contributed by atoms with Gasteiger partial charge in [0, 0.05) is 12.1 Å². The van der Waals surface area contributed by atoms with Crippen molar-refractivity contribution < 1.29 is 17.9 Å². The highest BCUT2D eigenvalue weighted by Gasteiger charge is 2.07. The van der Waals surface area contributed by atoms with E-state index in [2.05, 4.69) is 5.32 Å². The number of sulfonamides is 1. The van der Waals surface area contributed by atoms with E-state index in [-0.39, 0.29) is 24.6 Å². The maximum Gasteiger partial charge on any atom is 0.251 e. The quantitative estimate of drug-likeness (QED) is 0.718. The molecule has 0 aromatic heterocycles. The van der Waals surface area contributed by atoms with Gasteiger partial charge in [0.2, 0.25) is 10.0 Å². The Labute approximate surface area is 106 Å². The lowest BCUT2D eigenvalue weighted by atomic mass is 10.2. The Bertz CT molecular complexity index is 514. The molecule has 0 aliphatic rings. The maximum atomic E-state index is 11.7. The van der Waals surface area contributed by atoms with Gasteiger partial charge in [-0.15, -0.1) is 0 Å². The average Bonchev–Trinajstić information content (AvgIpc) is 2.33. The number of hydrogen-bond acceptors (Lipinski definition) is 4. The summed E-state index contributed by atoms with van der Waals surface area (Å²) in [4.78, 5) is 11.7.